The summed E-state index contributed by atoms with van der Waals surface area (Å²) in [4.78, 5) is 11.4. The van der Waals surface area contributed by atoms with Gasteiger partial charge in [-0.05, 0) is 27.2 Å². The Hall–Kier alpha value is -0.640. The predicted molar refractivity (Wildman–Crippen MR) is 58.2 cm³/mol. The van der Waals surface area contributed by atoms with Crippen molar-refractivity contribution < 1.29 is 13.9 Å². The minimum Gasteiger partial charge on any atom is -0.459 e. The molecular formula is C11H22FNO2. The molecule has 0 unspecified atom stereocenters. The van der Waals surface area contributed by atoms with Gasteiger partial charge in [0.05, 0.1) is 0 Å². The second kappa shape index (κ2) is 6.05. The number of ether oxygens (including phenoxy) is 1. The fraction of sp³-hybridized carbons (Fsp3) is 0.909. The summed E-state index contributed by atoms with van der Waals surface area (Å²) < 4.78 is 18.2. The monoisotopic (exact) mass is 219 g/mol. The van der Waals surface area contributed by atoms with Crippen LogP contribution in [0.25, 0.3) is 0 Å². The molecule has 0 aromatic carbocycles. The van der Waals surface area contributed by atoms with Crippen LogP contribution in [0.15, 0.2) is 0 Å². The quantitative estimate of drug-likeness (QED) is 0.721. The first-order chi connectivity index (χ1) is 6.76. The van der Waals surface area contributed by atoms with Gasteiger partial charge in [-0.15, -0.1) is 0 Å². The van der Waals surface area contributed by atoms with Crippen LogP contribution in [0.4, 0.5) is 4.39 Å². The number of carbonyl (C=O) groups excluding carboxylic acids is 1. The van der Waals surface area contributed by atoms with E-state index >= 15 is 0 Å². The SMILES string of the molecule is CCC[C@H](F)C[C@@H](N)C(=O)OC(C)(C)C. The number of alkyl halides is 1. The lowest BCUT2D eigenvalue weighted by molar-refractivity contribution is -0.157. The van der Waals surface area contributed by atoms with Gasteiger partial charge in [0.1, 0.15) is 17.8 Å². The predicted octanol–water partition coefficient (Wildman–Crippen LogP) is 2.18. The van der Waals surface area contributed by atoms with Crippen molar-refractivity contribution in [3.05, 3.63) is 0 Å². The molecule has 0 heterocycles. The third kappa shape index (κ3) is 7.31. The Morgan fingerprint density at radius 1 is 1.47 bits per heavy atom. The molecule has 90 valence electrons. The molecule has 0 aliphatic heterocycles. The first-order valence-corrected chi connectivity index (χ1v) is 5.38. The topological polar surface area (TPSA) is 52.3 Å². The normalized spacial score (nSPS) is 15.9. The van der Waals surface area contributed by atoms with E-state index < -0.39 is 23.8 Å². The lowest BCUT2D eigenvalue weighted by Crippen LogP contribution is -2.39. The van der Waals surface area contributed by atoms with Crippen LogP contribution in [0, 0.1) is 0 Å². The largest absolute Gasteiger partial charge is 0.459 e. The molecule has 2 N–H and O–H groups in total. The first kappa shape index (κ1) is 14.4. The van der Waals surface area contributed by atoms with Crippen molar-refractivity contribution >= 4 is 5.97 Å². The third-order valence-electron chi connectivity index (χ3n) is 1.82. The molecule has 0 amide bonds. The number of carbonyl (C=O) groups is 1. The number of hydrogen-bond acceptors (Lipinski definition) is 3. The Labute approximate surface area is 91.2 Å². The van der Waals surface area contributed by atoms with E-state index in [2.05, 4.69) is 0 Å². The van der Waals surface area contributed by atoms with Crippen molar-refractivity contribution in [1.29, 1.82) is 0 Å². The number of hydrogen-bond donors (Lipinski definition) is 1. The summed E-state index contributed by atoms with van der Waals surface area (Å²) in [6.45, 7) is 7.18. The van der Waals surface area contributed by atoms with Crippen LogP contribution >= 0.6 is 0 Å². The molecule has 0 rings (SSSR count). The highest BCUT2D eigenvalue weighted by molar-refractivity contribution is 5.75. The van der Waals surface area contributed by atoms with E-state index in [0.717, 1.165) is 6.42 Å². The minimum absolute atomic E-state index is 0.0444. The summed E-state index contributed by atoms with van der Waals surface area (Å²) in [5, 5.41) is 0. The average molecular weight is 219 g/mol. The lowest BCUT2D eigenvalue weighted by Gasteiger charge is -2.22. The first-order valence-electron chi connectivity index (χ1n) is 5.38. The van der Waals surface area contributed by atoms with Crippen molar-refractivity contribution in [2.75, 3.05) is 0 Å². The maximum Gasteiger partial charge on any atom is 0.323 e. The van der Waals surface area contributed by atoms with Gasteiger partial charge in [0.2, 0.25) is 0 Å². The van der Waals surface area contributed by atoms with Gasteiger partial charge < -0.3 is 10.5 Å². The fourth-order valence-electron chi connectivity index (χ4n) is 1.18. The van der Waals surface area contributed by atoms with Crippen LogP contribution in [-0.2, 0) is 9.53 Å². The molecule has 15 heavy (non-hydrogen) atoms. The molecule has 0 radical (unpaired) electrons. The highest BCUT2D eigenvalue weighted by Crippen LogP contribution is 2.12. The molecule has 0 saturated heterocycles. The van der Waals surface area contributed by atoms with Crippen molar-refractivity contribution in [1.82, 2.24) is 0 Å². The van der Waals surface area contributed by atoms with Gasteiger partial charge in [0.25, 0.3) is 0 Å². The summed E-state index contributed by atoms with van der Waals surface area (Å²) >= 11 is 0. The maximum absolute atomic E-state index is 13.2. The molecule has 0 bridgehead atoms. The zero-order valence-corrected chi connectivity index (χ0v) is 10.0. The van der Waals surface area contributed by atoms with Crippen molar-refractivity contribution in [2.24, 2.45) is 5.73 Å². The Kier molecular flexibility index (Phi) is 5.80. The summed E-state index contributed by atoms with van der Waals surface area (Å²) in [5.41, 5.74) is 4.98. The lowest BCUT2D eigenvalue weighted by atomic mass is 10.1. The van der Waals surface area contributed by atoms with Gasteiger partial charge in [-0.3, -0.25) is 4.79 Å². The summed E-state index contributed by atoms with van der Waals surface area (Å²) in [6.07, 6.45) is 0.221. The van der Waals surface area contributed by atoms with Crippen LogP contribution in [0.3, 0.4) is 0 Å². The molecule has 0 spiro atoms. The highest BCUT2D eigenvalue weighted by atomic mass is 19.1. The van der Waals surface area contributed by atoms with E-state index in [1.165, 1.54) is 0 Å². The zero-order valence-electron chi connectivity index (χ0n) is 10.0. The van der Waals surface area contributed by atoms with Gasteiger partial charge in [0, 0.05) is 6.42 Å². The molecule has 3 nitrogen and oxygen atoms in total. The average Bonchev–Trinajstić information content (AvgIpc) is 2.00. The number of halogens is 1. The molecule has 0 saturated carbocycles. The second-order valence-electron chi connectivity index (χ2n) is 4.76. The fourth-order valence-corrected chi connectivity index (χ4v) is 1.18. The highest BCUT2D eigenvalue weighted by Gasteiger charge is 2.24. The number of nitrogens with two attached hydrogens (primary N) is 1. The molecule has 0 fully saturated rings. The number of rotatable bonds is 5. The van der Waals surface area contributed by atoms with Crippen molar-refractivity contribution in [2.45, 2.75) is 64.8 Å². The van der Waals surface area contributed by atoms with E-state index in [-0.39, 0.29) is 6.42 Å². The standard InChI is InChI=1S/C11H22FNO2/c1-5-6-8(12)7-9(13)10(14)15-11(2,3)4/h8-9H,5-7,13H2,1-4H3/t8-,9+/m0/s1. The molecule has 0 aliphatic carbocycles. The molecule has 0 aromatic rings. The summed E-state index contributed by atoms with van der Waals surface area (Å²) in [7, 11) is 0. The van der Waals surface area contributed by atoms with Gasteiger partial charge in [-0.25, -0.2) is 4.39 Å². The van der Waals surface area contributed by atoms with Gasteiger partial charge in [-0.2, -0.15) is 0 Å². The van der Waals surface area contributed by atoms with E-state index in [9.17, 15) is 9.18 Å². The minimum atomic E-state index is -1.02. The van der Waals surface area contributed by atoms with E-state index in [1.807, 2.05) is 6.92 Å². The molecule has 0 aromatic heterocycles. The summed E-state index contributed by atoms with van der Waals surface area (Å²) in [6, 6.07) is -0.856. The molecular weight excluding hydrogens is 197 g/mol. The van der Waals surface area contributed by atoms with Crippen LogP contribution in [-0.4, -0.2) is 23.8 Å². The van der Waals surface area contributed by atoms with Crippen molar-refractivity contribution in [3.8, 4) is 0 Å². The Morgan fingerprint density at radius 2 is 2.00 bits per heavy atom. The summed E-state index contributed by atoms with van der Waals surface area (Å²) in [5.74, 6) is -0.527. The van der Waals surface area contributed by atoms with Crippen LogP contribution in [0.1, 0.15) is 47.0 Å². The van der Waals surface area contributed by atoms with Crippen LogP contribution < -0.4 is 5.73 Å². The van der Waals surface area contributed by atoms with Crippen molar-refractivity contribution in [3.63, 3.8) is 0 Å². The smallest absolute Gasteiger partial charge is 0.323 e. The zero-order chi connectivity index (χ0) is 12.1. The Balaban J connectivity index is 3.99. The number of esters is 1. The molecule has 2 atom stereocenters. The van der Waals surface area contributed by atoms with Gasteiger partial charge in [-0.1, -0.05) is 13.3 Å². The van der Waals surface area contributed by atoms with E-state index in [4.69, 9.17) is 10.5 Å². The van der Waals surface area contributed by atoms with Gasteiger partial charge >= 0.3 is 5.97 Å². The van der Waals surface area contributed by atoms with Crippen LogP contribution in [0.5, 0.6) is 0 Å². The molecule has 4 heteroatoms. The van der Waals surface area contributed by atoms with E-state index in [1.54, 1.807) is 20.8 Å². The third-order valence-corrected chi connectivity index (χ3v) is 1.82. The second-order valence-corrected chi connectivity index (χ2v) is 4.76. The Bertz CT molecular complexity index is 201. The van der Waals surface area contributed by atoms with Crippen LogP contribution in [0.2, 0.25) is 0 Å². The van der Waals surface area contributed by atoms with Gasteiger partial charge in [0.15, 0.2) is 0 Å². The maximum atomic E-state index is 13.2. The van der Waals surface area contributed by atoms with E-state index in [0.29, 0.717) is 6.42 Å². The molecule has 0 aliphatic rings. The Morgan fingerprint density at radius 3 is 2.40 bits per heavy atom.